The molecule has 1 fully saturated rings. The van der Waals surface area contributed by atoms with Crippen LogP contribution in [-0.4, -0.2) is 35.0 Å². The van der Waals surface area contributed by atoms with Crippen LogP contribution in [0.2, 0.25) is 0 Å². The molecule has 1 aliphatic heterocycles. The van der Waals surface area contributed by atoms with E-state index in [9.17, 15) is 4.79 Å². The van der Waals surface area contributed by atoms with E-state index in [1.807, 2.05) is 0 Å². The van der Waals surface area contributed by atoms with Gasteiger partial charge >= 0.3 is 5.97 Å². The van der Waals surface area contributed by atoms with Crippen LogP contribution >= 0.6 is 0 Å². The van der Waals surface area contributed by atoms with Gasteiger partial charge in [-0.15, -0.1) is 0 Å². The number of ether oxygens (including phenoxy) is 1. The molecular formula is C6H10O4. The first-order valence-corrected chi connectivity index (χ1v) is 3.23. The van der Waals surface area contributed by atoms with Crippen LogP contribution in [0.3, 0.4) is 0 Å². The van der Waals surface area contributed by atoms with Crippen LogP contribution in [0.25, 0.3) is 0 Å². The Balaban J connectivity index is 2.35. The third-order valence-electron chi connectivity index (χ3n) is 1.59. The Bertz CT molecular complexity index is 134. The second-order valence-electron chi connectivity index (χ2n) is 2.34. The standard InChI is InChI=1S/C6H10O4/c7-3-4-1-2-5(10-4)6(8)9/h4-5,7H,1-3H2,(H,8,9). The molecule has 0 radical (unpaired) electrons. The van der Waals surface area contributed by atoms with Gasteiger partial charge in [0, 0.05) is 0 Å². The van der Waals surface area contributed by atoms with Crippen molar-refractivity contribution in [1.82, 2.24) is 0 Å². The first-order chi connectivity index (χ1) is 4.74. The van der Waals surface area contributed by atoms with Gasteiger partial charge in [-0.2, -0.15) is 0 Å². The summed E-state index contributed by atoms with van der Waals surface area (Å²) in [4.78, 5) is 10.3. The van der Waals surface area contributed by atoms with Crippen LogP contribution in [0.1, 0.15) is 12.8 Å². The minimum atomic E-state index is -0.934. The van der Waals surface area contributed by atoms with Crippen LogP contribution < -0.4 is 0 Å². The SMILES string of the molecule is O=C(O)C1CCC(CO)O1. The van der Waals surface area contributed by atoms with E-state index in [-0.39, 0.29) is 12.7 Å². The average Bonchev–Trinajstić information content (AvgIpc) is 2.34. The topological polar surface area (TPSA) is 66.8 Å². The molecule has 0 saturated carbocycles. The van der Waals surface area contributed by atoms with Gasteiger partial charge in [0.25, 0.3) is 0 Å². The number of aliphatic carboxylic acids is 1. The molecule has 0 aromatic rings. The van der Waals surface area contributed by atoms with Gasteiger partial charge in [0.15, 0.2) is 6.10 Å². The van der Waals surface area contributed by atoms with Gasteiger partial charge in [-0.05, 0) is 12.8 Å². The predicted octanol–water partition coefficient (Wildman–Crippen LogP) is -0.389. The molecule has 0 amide bonds. The smallest absolute Gasteiger partial charge is 0.332 e. The van der Waals surface area contributed by atoms with Crippen LogP contribution in [0, 0.1) is 0 Å². The monoisotopic (exact) mass is 146 g/mol. The van der Waals surface area contributed by atoms with Crippen molar-refractivity contribution in [1.29, 1.82) is 0 Å². The minimum absolute atomic E-state index is 0.0796. The zero-order valence-corrected chi connectivity index (χ0v) is 5.49. The summed E-state index contributed by atoms with van der Waals surface area (Å²) < 4.78 is 4.92. The summed E-state index contributed by atoms with van der Waals surface area (Å²) in [6.07, 6.45) is 0.201. The summed E-state index contributed by atoms with van der Waals surface area (Å²) in [5, 5.41) is 17.0. The summed E-state index contributed by atoms with van der Waals surface area (Å²) in [6.45, 7) is -0.0796. The zero-order valence-electron chi connectivity index (χ0n) is 5.49. The fourth-order valence-corrected chi connectivity index (χ4v) is 1.02. The lowest BCUT2D eigenvalue weighted by Crippen LogP contribution is -2.21. The molecule has 1 rings (SSSR count). The Labute approximate surface area is 58.4 Å². The van der Waals surface area contributed by atoms with Crippen molar-refractivity contribution >= 4 is 5.97 Å². The van der Waals surface area contributed by atoms with Gasteiger partial charge < -0.3 is 14.9 Å². The van der Waals surface area contributed by atoms with E-state index in [4.69, 9.17) is 14.9 Å². The Hall–Kier alpha value is -0.610. The molecule has 2 N–H and O–H groups in total. The fourth-order valence-electron chi connectivity index (χ4n) is 1.02. The molecule has 2 unspecified atom stereocenters. The summed E-state index contributed by atoms with van der Waals surface area (Å²) >= 11 is 0. The molecule has 10 heavy (non-hydrogen) atoms. The molecule has 1 heterocycles. The fraction of sp³-hybridized carbons (Fsp3) is 0.833. The third kappa shape index (κ3) is 1.46. The van der Waals surface area contributed by atoms with Gasteiger partial charge in [-0.3, -0.25) is 0 Å². The highest BCUT2D eigenvalue weighted by atomic mass is 16.5. The summed E-state index contributed by atoms with van der Waals surface area (Å²) in [5.74, 6) is -0.934. The highest BCUT2D eigenvalue weighted by molar-refractivity contribution is 5.72. The van der Waals surface area contributed by atoms with E-state index in [1.54, 1.807) is 0 Å². The number of carboxylic acids is 1. The highest BCUT2D eigenvalue weighted by Gasteiger charge is 2.29. The molecule has 1 aliphatic rings. The van der Waals surface area contributed by atoms with Gasteiger partial charge in [0.1, 0.15) is 0 Å². The molecule has 0 bridgehead atoms. The number of aliphatic hydroxyl groups is 1. The number of carbonyl (C=O) groups is 1. The molecular weight excluding hydrogens is 136 g/mol. The van der Waals surface area contributed by atoms with Gasteiger partial charge in [0.2, 0.25) is 0 Å². The van der Waals surface area contributed by atoms with Gasteiger partial charge in [-0.1, -0.05) is 0 Å². The maximum absolute atomic E-state index is 10.3. The largest absolute Gasteiger partial charge is 0.479 e. The Morgan fingerprint density at radius 1 is 1.60 bits per heavy atom. The molecule has 4 heteroatoms. The zero-order chi connectivity index (χ0) is 7.56. The van der Waals surface area contributed by atoms with Crippen molar-refractivity contribution in [2.75, 3.05) is 6.61 Å². The summed E-state index contributed by atoms with van der Waals surface area (Å²) in [6, 6.07) is 0. The lowest BCUT2D eigenvalue weighted by Gasteiger charge is -2.06. The molecule has 0 aromatic heterocycles. The lowest BCUT2D eigenvalue weighted by molar-refractivity contribution is -0.150. The summed E-state index contributed by atoms with van der Waals surface area (Å²) in [7, 11) is 0. The summed E-state index contributed by atoms with van der Waals surface area (Å²) in [5.41, 5.74) is 0. The van der Waals surface area contributed by atoms with Crippen LogP contribution in [0.4, 0.5) is 0 Å². The maximum Gasteiger partial charge on any atom is 0.332 e. The van der Waals surface area contributed by atoms with Crippen LogP contribution in [0.15, 0.2) is 0 Å². The quantitative estimate of drug-likeness (QED) is 0.556. The third-order valence-corrected chi connectivity index (χ3v) is 1.59. The first kappa shape index (κ1) is 7.50. The van der Waals surface area contributed by atoms with E-state index in [0.717, 1.165) is 0 Å². The number of hydrogen-bond donors (Lipinski definition) is 2. The van der Waals surface area contributed by atoms with E-state index in [1.165, 1.54) is 0 Å². The molecule has 2 atom stereocenters. The number of rotatable bonds is 2. The molecule has 1 saturated heterocycles. The first-order valence-electron chi connectivity index (χ1n) is 3.23. The second-order valence-corrected chi connectivity index (χ2v) is 2.34. The van der Waals surface area contributed by atoms with Crippen molar-refractivity contribution in [2.24, 2.45) is 0 Å². The Kier molecular flexibility index (Phi) is 2.24. The van der Waals surface area contributed by atoms with Gasteiger partial charge in [-0.25, -0.2) is 4.79 Å². The van der Waals surface area contributed by atoms with E-state index < -0.39 is 12.1 Å². The van der Waals surface area contributed by atoms with E-state index >= 15 is 0 Å². The van der Waals surface area contributed by atoms with E-state index in [2.05, 4.69) is 0 Å². The van der Waals surface area contributed by atoms with Gasteiger partial charge in [0.05, 0.1) is 12.7 Å². The number of aliphatic hydroxyl groups excluding tert-OH is 1. The number of hydrogen-bond acceptors (Lipinski definition) is 3. The van der Waals surface area contributed by atoms with Crippen LogP contribution in [-0.2, 0) is 9.53 Å². The lowest BCUT2D eigenvalue weighted by atomic mass is 10.2. The van der Waals surface area contributed by atoms with E-state index in [0.29, 0.717) is 12.8 Å². The molecule has 58 valence electrons. The highest BCUT2D eigenvalue weighted by Crippen LogP contribution is 2.18. The van der Waals surface area contributed by atoms with Crippen molar-refractivity contribution in [2.45, 2.75) is 25.0 Å². The molecule has 4 nitrogen and oxygen atoms in total. The maximum atomic E-state index is 10.3. The van der Waals surface area contributed by atoms with Crippen LogP contribution in [0.5, 0.6) is 0 Å². The number of carboxylic acid groups (broad SMARTS) is 1. The predicted molar refractivity (Wildman–Crippen MR) is 32.6 cm³/mol. The molecule has 0 aliphatic carbocycles. The minimum Gasteiger partial charge on any atom is -0.479 e. The average molecular weight is 146 g/mol. The Morgan fingerprint density at radius 2 is 2.30 bits per heavy atom. The van der Waals surface area contributed by atoms with Crippen molar-refractivity contribution in [3.63, 3.8) is 0 Å². The Morgan fingerprint density at radius 3 is 2.60 bits per heavy atom. The van der Waals surface area contributed by atoms with Crippen molar-refractivity contribution in [3.8, 4) is 0 Å². The molecule has 0 aromatic carbocycles. The molecule has 0 spiro atoms. The van der Waals surface area contributed by atoms with Crippen molar-refractivity contribution in [3.05, 3.63) is 0 Å². The normalized spacial score (nSPS) is 32.5. The second kappa shape index (κ2) is 2.98. The van der Waals surface area contributed by atoms with Crippen molar-refractivity contribution < 1.29 is 19.7 Å².